The van der Waals surface area contributed by atoms with Crippen LogP contribution in [0.15, 0.2) is 42.7 Å². The lowest BCUT2D eigenvalue weighted by Gasteiger charge is -2.32. The van der Waals surface area contributed by atoms with Crippen LogP contribution in [0.25, 0.3) is 33.5 Å². The molecule has 0 aliphatic carbocycles. The number of fused-ring (bicyclic) bond motifs is 1. The minimum Gasteiger partial charge on any atom is -0.370 e. The Morgan fingerprint density at radius 2 is 2.00 bits per heavy atom. The van der Waals surface area contributed by atoms with Gasteiger partial charge < -0.3 is 16.0 Å². The summed E-state index contributed by atoms with van der Waals surface area (Å²) in [5.74, 6) is 0.843. The van der Waals surface area contributed by atoms with Crippen LogP contribution in [0.4, 0.5) is 0 Å². The molecule has 182 valence electrons. The Bertz CT molecular complexity index is 1300. The van der Waals surface area contributed by atoms with Crippen molar-refractivity contribution in [3.8, 4) is 22.6 Å². The van der Waals surface area contributed by atoms with E-state index in [1.807, 2.05) is 6.07 Å². The second-order valence-corrected chi connectivity index (χ2v) is 9.63. The first-order valence-corrected chi connectivity index (χ1v) is 12.1. The molecule has 1 fully saturated rings. The normalized spacial score (nSPS) is 18.4. The molecule has 9 heteroatoms. The molecule has 5 rings (SSSR count). The summed E-state index contributed by atoms with van der Waals surface area (Å²) in [7, 11) is 4.16. The monoisotopic (exact) mass is 472 g/mol. The van der Waals surface area contributed by atoms with Gasteiger partial charge >= 0.3 is 0 Å². The van der Waals surface area contributed by atoms with Crippen molar-refractivity contribution in [2.24, 2.45) is 5.73 Å². The Balaban J connectivity index is 1.61. The number of para-hydroxylation sites is 1. The molecule has 3 heterocycles. The average molecular weight is 473 g/mol. The second-order valence-electron chi connectivity index (χ2n) is 9.63. The lowest BCUT2D eigenvalue weighted by molar-refractivity contribution is -0.118. The molecule has 1 saturated heterocycles. The number of primary amides is 1. The number of rotatable bonds is 8. The summed E-state index contributed by atoms with van der Waals surface area (Å²) in [5.41, 5.74) is 12.0. The van der Waals surface area contributed by atoms with Crippen LogP contribution in [0.3, 0.4) is 0 Å². The molecule has 2 aromatic heterocycles. The van der Waals surface area contributed by atoms with Gasteiger partial charge in [-0.1, -0.05) is 30.3 Å². The third-order valence-electron chi connectivity index (χ3n) is 6.89. The van der Waals surface area contributed by atoms with Crippen LogP contribution in [-0.2, 0) is 11.3 Å². The van der Waals surface area contributed by atoms with E-state index in [1.165, 1.54) is 11.1 Å². The average Bonchev–Trinajstić information content (AvgIpc) is 3.53. The first-order chi connectivity index (χ1) is 17.0. The van der Waals surface area contributed by atoms with Crippen molar-refractivity contribution in [2.75, 3.05) is 20.6 Å². The first-order valence-electron chi connectivity index (χ1n) is 12.1. The van der Waals surface area contributed by atoms with E-state index in [9.17, 15) is 4.79 Å². The van der Waals surface area contributed by atoms with Crippen molar-refractivity contribution in [1.29, 1.82) is 0 Å². The van der Waals surface area contributed by atoms with E-state index in [2.05, 4.69) is 74.9 Å². The summed E-state index contributed by atoms with van der Waals surface area (Å²) in [6, 6.07) is 13.0. The number of aromatic nitrogens is 5. The first kappa shape index (κ1) is 23.2. The van der Waals surface area contributed by atoms with E-state index >= 15 is 0 Å². The molecule has 35 heavy (non-hydrogen) atoms. The zero-order valence-electron chi connectivity index (χ0n) is 20.2. The highest BCUT2D eigenvalue weighted by Gasteiger charge is 2.28. The molecule has 2 aromatic carbocycles. The van der Waals surface area contributed by atoms with E-state index in [4.69, 9.17) is 10.8 Å². The molecule has 9 nitrogen and oxygen atoms in total. The van der Waals surface area contributed by atoms with Gasteiger partial charge in [0.15, 0.2) is 5.82 Å². The van der Waals surface area contributed by atoms with Gasteiger partial charge in [0.1, 0.15) is 12.0 Å². The van der Waals surface area contributed by atoms with Crippen molar-refractivity contribution in [3.63, 3.8) is 0 Å². The molecule has 5 N–H and O–H groups in total. The number of nitrogens with two attached hydrogens (primary N) is 1. The molecule has 2 atom stereocenters. The lowest BCUT2D eigenvalue weighted by atomic mass is 9.81. The maximum Gasteiger partial charge on any atom is 0.217 e. The van der Waals surface area contributed by atoms with Gasteiger partial charge in [0.25, 0.3) is 0 Å². The van der Waals surface area contributed by atoms with Gasteiger partial charge in [-0.05, 0) is 56.5 Å². The number of carbonyl (C=O) groups excluding carboxylic acids is 1. The molecule has 0 saturated carbocycles. The van der Waals surface area contributed by atoms with Crippen LogP contribution in [0, 0.1) is 0 Å². The van der Waals surface area contributed by atoms with Crippen LogP contribution in [0.1, 0.15) is 42.7 Å². The van der Waals surface area contributed by atoms with Gasteiger partial charge in [0.2, 0.25) is 5.91 Å². The van der Waals surface area contributed by atoms with E-state index < -0.39 is 0 Å². The highest BCUT2D eigenvalue weighted by molar-refractivity contribution is 5.96. The zero-order valence-corrected chi connectivity index (χ0v) is 20.2. The summed E-state index contributed by atoms with van der Waals surface area (Å²) >= 11 is 0. The molecule has 0 bridgehead atoms. The SMILES string of the molecule is CN(C)Cc1c(-c2ncn[nH]2)ccc(C2CCC(CCC(N)=O)NC2)c1-c1n[nH]c2ccccc12. The summed E-state index contributed by atoms with van der Waals surface area (Å²) in [4.78, 5) is 17.9. The summed E-state index contributed by atoms with van der Waals surface area (Å²) in [6.07, 6.45) is 4.80. The van der Waals surface area contributed by atoms with Crippen molar-refractivity contribution >= 4 is 16.8 Å². The van der Waals surface area contributed by atoms with Gasteiger partial charge in [-0.25, -0.2) is 4.98 Å². The lowest BCUT2D eigenvalue weighted by Crippen LogP contribution is -2.38. The maximum atomic E-state index is 11.2. The number of H-pyrrole nitrogens is 2. The van der Waals surface area contributed by atoms with Crippen LogP contribution in [-0.4, -0.2) is 62.9 Å². The number of hydrogen-bond donors (Lipinski definition) is 4. The Kier molecular flexibility index (Phi) is 6.61. The Labute approximate surface area is 204 Å². The van der Waals surface area contributed by atoms with Gasteiger partial charge in [0.05, 0.1) is 5.52 Å². The van der Waals surface area contributed by atoms with Crippen LogP contribution in [0.5, 0.6) is 0 Å². The topological polar surface area (TPSA) is 129 Å². The van der Waals surface area contributed by atoms with Gasteiger partial charge in [-0.3, -0.25) is 15.0 Å². The quantitative estimate of drug-likeness (QED) is 0.312. The fraction of sp³-hybridized carbons (Fsp3) is 0.385. The van der Waals surface area contributed by atoms with Gasteiger partial charge in [-0.2, -0.15) is 10.2 Å². The highest BCUT2D eigenvalue weighted by Crippen LogP contribution is 2.41. The number of nitrogens with one attached hydrogen (secondary N) is 3. The molecule has 1 amide bonds. The molecule has 0 spiro atoms. The smallest absolute Gasteiger partial charge is 0.217 e. The molecule has 1 aliphatic rings. The Hall–Kier alpha value is -3.56. The van der Waals surface area contributed by atoms with E-state index in [0.29, 0.717) is 18.4 Å². The molecule has 0 radical (unpaired) electrons. The number of benzene rings is 2. The van der Waals surface area contributed by atoms with Crippen molar-refractivity contribution in [2.45, 2.75) is 44.2 Å². The third-order valence-corrected chi connectivity index (χ3v) is 6.89. The van der Waals surface area contributed by atoms with E-state index in [-0.39, 0.29) is 5.91 Å². The summed E-state index contributed by atoms with van der Waals surface area (Å²) < 4.78 is 0. The fourth-order valence-corrected chi connectivity index (χ4v) is 5.22. The third kappa shape index (κ3) is 4.82. The van der Waals surface area contributed by atoms with Gasteiger partial charge in [0, 0.05) is 42.1 Å². The number of piperidine rings is 1. The molecule has 1 aliphatic heterocycles. The zero-order chi connectivity index (χ0) is 24.4. The number of amides is 1. The van der Waals surface area contributed by atoms with Crippen molar-refractivity contribution in [1.82, 2.24) is 35.6 Å². The van der Waals surface area contributed by atoms with E-state index in [1.54, 1.807) is 6.33 Å². The number of aromatic amines is 2. The van der Waals surface area contributed by atoms with Crippen LogP contribution < -0.4 is 11.1 Å². The van der Waals surface area contributed by atoms with Crippen molar-refractivity contribution < 1.29 is 4.79 Å². The van der Waals surface area contributed by atoms with E-state index in [0.717, 1.165) is 65.9 Å². The molecule has 4 aromatic rings. The largest absolute Gasteiger partial charge is 0.370 e. The van der Waals surface area contributed by atoms with Crippen molar-refractivity contribution in [3.05, 3.63) is 53.9 Å². The molecular weight excluding hydrogens is 440 g/mol. The predicted octanol–water partition coefficient (Wildman–Crippen LogP) is 3.18. The second kappa shape index (κ2) is 9.97. The maximum absolute atomic E-state index is 11.2. The minimum atomic E-state index is -0.238. The Morgan fingerprint density at radius 3 is 2.71 bits per heavy atom. The Morgan fingerprint density at radius 1 is 1.14 bits per heavy atom. The number of nitrogens with zero attached hydrogens (tertiary/aromatic N) is 4. The summed E-state index contributed by atoms with van der Waals surface area (Å²) in [6.45, 7) is 1.59. The van der Waals surface area contributed by atoms with Gasteiger partial charge in [-0.15, -0.1) is 0 Å². The number of carbonyl (C=O) groups is 1. The predicted molar refractivity (Wildman–Crippen MR) is 136 cm³/mol. The molecular formula is C26H32N8O. The fourth-order valence-electron chi connectivity index (χ4n) is 5.22. The van der Waals surface area contributed by atoms with Crippen LogP contribution in [0.2, 0.25) is 0 Å². The summed E-state index contributed by atoms with van der Waals surface area (Å²) in [5, 5.41) is 19.9. The van der Waals surface area contributed by atoms with Crippen LogP contribution >= 0.6 is 0 Å². The minimum absolute atomic E-state index is 0.238. The number of hydrogen-bond acceptors (Lipinski definition) is 6. The molecule has 2 unspecified atom stereocenters. The highest BCUT2D eigenvalue weighted by atomic mass is 16.1. The standard InChI is InChI=1S/C26H32N8O/c1-34(2)14-21-19(26-29-15-30-33-26)11-10-18(16-7-8-17(28-13-16)9-12-23(27)35)24(21)25-20-5-3-4-6-22(20)31-32-25/h3-6,10-11,15-17,28H,7-9,12-14H2,1-2H3,(H2,27,35)(H,31,32)(H,29,30,33).